The summed E-state index contributed by atoms with van der Waals surface area (Å²) in [7, 11) is 1.82. The first-order valence-electron chi connectivity index (χ1n) is 6.80. The van der Waals surface area contributed by atoms with Gasteiger partial charge < -0.3 is 10.3 Å². The number of rotatable bonds is 5. The van der Waals surface area contributed by atoms with E-state index in [0.717, 1.165) is 6.54 Å². The zero-order valence-corrected chi connectivity index (χ0v) is 11.6. The van der Waals surface area contributed by atoms with Crippen LogP contribution in [0.15, 0.2) is 6.33 Å². The lowest BCUT2D eigenvalue weighted by Gasteiger charge is -2.27. The second-order valence-electron chi connectivity index (χ2n) is 5.18. The predicted octanol–water partition coefficient (Wildman–Crippen LogP) is 1.69. The highest BCUT2D eigenvalue weighted by atomic mass is 16.6. The molecule has 1 saturated carbocycles. The number of nitro groups is 1. The molecular formula is C12H20N6O2. The molecule has 1 aliphatic carbocycles. The van der Waals surface area contributed by atoms with Gasteiger partial charge in [-0.2, -0.15) is 0 Å². The van der Waals surface area contributed by atoms with Gasteiger partial charge in [-0.1, -0.05) is 19.3 Å². The molecule has 8 heteroatoms. The first-order valence-corrected chi connectivity index (χ1v) is 6.80. The van der Waals surface area contributed by atoms with E-state index in [0.29, 0.717) is 11.7 Å². The fourth-order valence-electron chi connectivity index (χ4n) is 2.77. The van der Waals surface area contributed by atoms with Crippen LogP contribution in [-0.4, -0.2) is 28.5 Å². The molecule has 110 valence electrons. The third-order valence-electron chi connectivity index (χ3n) is 3.74. The van der Waals surface area contributed by atoms with E-state index in [4.69, 9.17) is 5.84 Å². The molecule has 0 aliphatic heterocycles. The minimum Gasteiger partial charge on any atom is -0.354 e. The highest BCUT2D eigenvalue weighted by molar-refractivity contribution is 5.69. The molecule has 0 spiro atoms. The van der Waals surface area contributed by atoms with Crippen LogP contribution in [0.4, 0.5) is 17.3 Å². The molecule has 20 heavy (non-hydrogen) atoms. The third kappa shape index (κ3) is 3.13. The third-order valence-corrected chi connectivity index (χ3v) is 3.74. The lowest BCUT2D eigenvalue weighted by atomic mass is 9.89. The molecule has 0 bridgehead atoms. The van der Waals surface area contributed by atoms with Crippen LogP contribution in [0.5, 0.6) is 0 Å². The summed E-state index contributed by atoms with van der Waals surface area (Å²) in [6.07, 6.45) is 7.39. The Balaban J connectivity index is 2.19. The summed E-state index contributed by atoms with van der Waals surface area (Å²) in [6.45, 7) is 0.766. The summed E-state index contributed by atoms with van der Waals surface area (Å²) in [5.41, 5.74) is 2.08. The van der Waals surface area contributed by atoms with Crippen molar-refractivity contribution in [2.75, 3.05) is 23.9 Å². The first kappa shape index (κ1) is 14.4. The minimum atomic E-state index is -0.498. The molecule has 0 saturated heterocycles. The Morgan fingerprint density at radius 2 is 2.15 bits per heavy atom. The van der Waals surface area contributed by atoms with Crippen LogP contribution in [0, 0.1) is 16.0 Å². The summed E-state index contributed by atoms with van der Waals surface area (Å²) < 4.78 is 0. The second kappa shape index (κ2) is 6.47. The van der Waals surface area contributed by atoms with E-state index in [1.54, 1.807) is 0 Å². The maximum absolute atomic E-state index is 11.2. The molecule has 2 rings (SSSR count). The smallest absolute Gasteiger partial charge is 0.354 e. The maximum atomic E-state index is 11.2. The van der Waals surface area contributed by atoms with E-state index >= 15 is 0 Å². The highest BCUT2D eigenvalue weighted by Crippen LogP contribution is 2.32. The molecule has 1 heterocycles. The zero-order chi connectivity index (χ0) is 14.5. The molecule has 3 N–H and O–H groups in total. The number of nitrogens with zero attached hydrogens (tertiary/aromatic N) is 4. The molecular weight excluding hydrogens is 260 g/mol. The molecule has 1 fully saturated rings. The van der Waals surface area contributed by atoms with Gasteiger partial charge in [0.25, 0.3) is 0 Å². The SMILES string of the molecule is CN(CC1CCCCC1)c1ncnc(NN)c1[N+](=O)[O-]. The fourth-order valence-corrected chi connectivity index (χ4v) is 2.77. The van der Waals surface area contributed by atoms with Crippen LogP contribution in [0.25, 0.3) is 0 Å². The molecule has 0 atom stereocenters. The van der Waals surface area contributed by atoms with Gasteiger partial charge in [0.15, 0.2) is 0 Å². The van der Waals surface area contributed by atoms with Gasteiger partial charge in [0.2, 0.25) is 11.6 Å². The van der Waals surface area contributed by atoms with Gasteiger partial charge >= 0.3 is 5.69 Å². The summed E-state index contributed by atoms with van der Waals surface area (Å²) >= 11 is 0. The molecule has 1 aromatic rings. The quantitative estimate of drug-likeness (QED) is 0.479. The Kier molecular flexibility index (Phi) is 4.67. The van der Waals surface area contributed by atoms with Gasteiger partial charge in [-0.25, -0.2) is 15.8 Å². The van der Waals surface area contributed by atoms with Gasteiger partial charge in [-0.05, 0) is 18.8 Å². The largest absolute Gasteiger partial charge is 0.354 e. The van der Waals surface area contributed by atoms with Crippen molar-refractivity contribution in [3.8, 4) is 0 Å². The van der Waals surface area contributed by atoms with Crippen molar-refractivity contribution in [2.24, 2.45) is 11.8 Å². The normalized spacial score (nSPS) is 15.9. The number of nitrogen functional groups attached to an aromatic ring is 1. The van der Waals surface area contributed by atoms with Crippen molar-refractivity contribution in [3.63, 3.8) is 0 Å². The van der Waals surface area contributed by atoms with Crippen molar-refractivity contribution < 1.29 is 4.92 Å². The summed E-state index contributed by atoms with van der Waals surface area (Å²) in [6, 6.07) is 0. The van der Waals surface area contributed by atoms with E-state index in [2.05, 4.69) is 15.4 Å². The van der Waals surface area contributed by atoms with Gasteiger partial charge in [0, 0.05) is 13.6 Å². The summed E-state index contributed by atoms with van der Waals surface area (Å²) in [4.78, 5) is 20.4. The van der Waals surface area contributed by atoms with Crippen molar-refractivity contribution in [2.45, 2.75) is 32.1 Å². The maximum Gasteiger partial charge on any atom is 0.354 e. The molecule has 0 unspecified atom stereocenters. The summed E-state index contributed by atoms with van der Waals surface area (Å²) in [5, 5.41) is 11.2. The van der Waals surface area contributed by atoms with E-state index in [9.17, 15) is 10.1 Å². The summed E-state index contributed by atoms with van der Waals surface area (Å²) in [5.74, 6) is 6.19. The van der Waals surface area contributed by atoms with Crippen LogP contribution >= 0.6 is 0 Å². The topological polar surface area (TPSA) is 110 Å². The van der Waals surface area contributed by atoms with Gasteiger partial charge in [0.05, 0.1) is 4.92 Å². The van der Waals surface area contributed by atoms with Crippen molar-refractivity contribution in [1.82, 2.24) is 9.97 Å². The van der Waals surface area contributed by atoms with Crippen molar-refractivity contribution in [3.05, 3.63) is 16.4 Å². The number of hydrogen-bond acceptors (Lipinski definition) is 7. The Morgan fingerprint density at radius 1 is 1.45 bits per heavy atom. The van der Waals surface area contributed by atoms with Gasteiger partial charge in [-0.15, -0.1) is 0 Å². The van der Waals surface area contributed by atoms with Crippen molar-refractivity contribution >= 4 is 17.3 Å². The van der Waals surface area contributed by atoms with Crippen molar-refractivity contribution in [1.29, 1.82) is 0 Å². The Bertz CT molecular complexity index is 475. The van der Waals surface area contributed by atoms with E-state index < -0.39 is 4.92 Å². The molecule has 0 radical (unpaired) electrons. The number of hydrazine groups is 1. The molecule has 1 aliphatic rings. The first-order chi connectivity index (χ1) is 9.63. The standard InChI is InChI=1S/C12H20N6O2/c1-17(7-9-5-3-2-4-6-9)12-10(18(19)20)11(16-13)14-8-15-12/h8-9H,2-7,13H2,1H3,(H,14,15,16). The molecule has 8 nitrogen and oxygen atoms in total. The average molecular weight is 280 g/mol. The minimum absolute atomic E-state index is 0.0375. The zero-order valence-electron chi connectivity index (χ0n) is 11.6. The number of anilines is 2. The molecule has 0 amide bonds. The number of nitrogens with two attached hydrogens (primary N) is 1. The molecule has 1 aromatic heterocycles. The highest BCUT2D eigenvalue weighted by Gasteiger charge is 2.26. The van der Waals surface area contributed by atoms with E-state index in [1.807, 2.05) is 11.9 Å². The van der Waals surface area contributed by atoms with Crippen LogP contribution < -0.4 is 16.2 Å². The van der Waals surface area contributed by atoms with Crippen LogP contribution in [0.1, 0.15) is 32.1 Å². The molecule has 0 aromatic carbocycles. The fraction of sp³-hybridized carbons (Fsp3) is 0.667. The van der Waals surface area contributed by atoms with E-state index in [1.165, 1.54) is 38.4 Å². The lowest BCUT2D eigenvalue weighted by molar-refractivity contribution is -0.383. The van der Waals surface area contributed by atoms with Gasteiger partial charge in [-0.3, -0.25) is 10.1 Å². The van der Waals surface area contributed by atoms with Crippen LogP contribution in [0.2, 0.25) is 0 Å². The monoisotopic (exact) mass is 280 g/mol. The number of hydrogen-bond donors (Lipinski definition) is 2. The Morgan fingerprint density at radius 3 is 2.75 bits per heavy atom. The Labute approximate surface area is 117 Å². The van der Waals surface area contributed by atoms with Crippen LogP contribution in [0.3, 0.4) is 0 Å². The average Bonchev–Trinajstić information content (AvgIpc) is 2.47. The van der Waals surface area contributed by atoms with Gasteiger partial charge in [0.1, 0.15) is 6.33 Å². The predicted molar refractivity (Wildman–Crippen MR) is 76.3 cm³/mol. The van der Waals surface area contributed by atoms with Crippen LogP contribution in [-0.2, 0) is 0 Å². The Hall–Kier alpha value is -1.96. The van der Waals surface area contributed by atoms with E-state index in [-0.39, 0.29) is 11.5 Å². The lowest BCUT2D eigenvalue weighted by Crippen LogP contribution is -2.28. The number of nitrogens with one attached hydrogen (secondary N) is 1. The second-order valence-corrected chi connectivity index (χ2v) is 5.18. The number of aromatic nitrogens is 2.